The number of halogens is 2. The molecule has 150 valence electrons. The zero-order valence-corrected chi connectivity index (χ0v) is 17.7. The smallest absolute Gasteiger partial charge is 0.343 e. The summed E-state index contributed by atoms with van der Waals surface area (Å²) in [7, 11) is -3.70. The molecule has 2 aromatic rings. The molecule has 1 aliphatic heterocycles. The van der Waals surface area contributed by atoms with Crippen LogP contribution in [0.2, 0.25) is 0 Å². The number of ether oxygens (including phenoxy) is 2. The van der Waals surface area contributed by atoms with E-state index in [4.69, 9.17) is 9.47 Å². The molecular weight excluding hydrogens is 453 g/mol. The molecule has 0 aromatic heterocycles. The number of rotatable bonds is 4. The predicted molar refractivity (Wildman–Crippen MR) is 104 cm³/mol. The van der Waals surface area contributed by atoms with Crippen LogP contribution < -0.4 is 4.74 Å². The Bertz CT molecular complexity index is 970. The van der Waals surface area contributed by atoms with Gasteiger partial charge in [0.1, 0.15) is 0 Å². The summed E-state index contributed by atoms with van der Waals surface area (Å²) in [6.07, 6.45) is -0.401. The van der Waals surface area contributed by atoms with E-state index in [1.165, 1.54) is 40.7 Å². The zero-order chi connectivity index (χ0) is 20.5. The van der Waals surface area contributed by atoms with E-state index in [1.54, 1.807) is 6.07 Å². The van der Waals surface area contributed by atoms with Crippen LogP contribution in [0.1, 0.15) is 24.2 Å². The average molecular weight is 472 g/mol. The molecule has 0 spiro atoms. The minimum absolute atomic E-state index is 0.0696. The standard InChI is InChI=1S/C19H19BrFNO5S/c1-12-10-22(11-13(2)26-12)28(24,25)16-6-3-14(4-7-16)19(23)27-18-8-5-15(20)9-17(18)21/h3-9,12-13H,10-11H2,1-2H3. The van der Waals surface area contributed by atoms with Crippen molar-refractivity contribution in [2.45, 2.75) is 31.0 Å². The molecule has 0 N–H and O–H groups in total. The maximum atomic E-state index is 13.8. The quantitative estimate of drug-likeness (QED) is 0.502. The summed E-state index contributed by atoms with van der Waals surface area (Å²) in [5.41, 5.74) is 0.116. The van der Waals surface area contributed by atoms with E-state index in [2.05, 4.69) is 15.9 Å². The number of benzene rings is 2. The highest BCUT2D eigenvalue weighted by Crippen LogP contribution is 2.24. The highest BCUT2D eigenvalue weighted by molar-refractivity contribution is 9.10. The number of hydrogen-bond acceptors (Lipinski definition) is 5. The fourth-order valence-electron chi connectivity index (χ4n) is 2.96. The Kier molecular flexibility index (Phi) is 6.18. The lowest BCUT2D eigenvalue weighted by atomic mass is 10.2. The number of esters is 1. The molecule has 3 rings (SSSR count). The first-order valence-corrected chi connectivity index (χ1v) is 10.8. The van der Waals surface area contributed by atoms with E-state index in [0.29, 0.717) is 4.47 Å². The third kappa shape index (κ3) is 4.60. The van der Waals surface area contributed by atoms with Crippen molar-refractivity contribution in [1.29, 1.82) is 0 Å². The summed E-state index contributed by atoms with van der Waals surface area (Å²) < 4.78 is 52.0. The fourth-order valence-corrected chi connectivity index (χ4v) is 4.88. The van der Waals surface area contributed by atoms with Gasteiger partial charge in [-0.2, -0.15) is 4.31 Å². The van der Waals surface area contributed by atoms with Gasteiger partial charge in [0, 0.05) is 17.6 Å². The second kappa shape index (κ2) is 8.28. The van der Waals surface area contributed by atoms with E-state index < -0.39 is 21.8 Å². The highest BCUT2D eigenvalue weighted by atomic mass is 79.9. The van der Waals surface area contributed by atoms with Crippen LogP contribution in [0.15, 0.2) is 51.8 Å². The molecule has 0 radical (unpaired) electrons. The largest absolute Gasteiger partial charge is 0.420 e. The molecule has 0 saturated carbocycles. The SMILES string of the molecule is CC1CN(S(=O)(=O)c2ccc(C(=O)Oc3ccc(Br)cc3F)cc2)CC(C)O1. The van der Waals surface area contributed by atoms with Crippen molar-refractivity contribution in [2.75, 3.05) is 13.1 Å². The molecule has 1 heterocycles. The number of morpholine rings is 1. The average Bonchev–Trinajstić information content (AvgIpc) is 2.63. The summed E-state index contributed by atoms with van der Waals surface area (Å²) in [5.74, 6) is -1.67. The summed E-state index contributed by atoms with van der Waals surface area (Å²) in [5, 5.41) is 0. The molecule has 9 heteroatoms. The van der Waals surface area contributed by atoms with Crippen LogP contribution in [0.4, 0.5) is 4.39 Å². The minimum atomic E-state index is -3.70. The van der Waals surface area contributed by atoms with E-state index in [-0.39, 0.29) is 41.5 Å². The summed E-state index contributed by atoms with van der Waals surface area (Å²) in [4.78, 5) is 12.3. The molecule has 0 bridgehead atoms. The molecule has 0 aliphatic carbocycles. The lowest BCUT2D eigenvalue weighted by Crippen LogP contribution is -2.48. The maximum absolute atomic E-state index is 13.8. The molecule has 0 amide bonds. The van der Waals surface area contributed by atoms with Crippen molar-refractivity contribution < 1.29 is 27.1 Å². The zero-order valence-electron chi connectivity index (χ0n) is 15.3. The van der Waals surface area contributed by atoms with E-state index >= 15 is 0 Å². The van der Waals surface area contributed by atoms with Crippen LogP contribution >= 0.6 is 15.9 Å². The van der Waals surface area contributed by atoms with Gasteiger partial charge in [0.15, 0.2) is 11.6 Å². The van der Waals surface area contributed by atoms with Crippen molar-refractivity contribution in [3.05, 3.63) is 58.3 Å². The van der Waals surface area contributed by atoms with Crippen LogP contribution in [0.3, 0.4) is 0 Å². The second-order valence-corrected chi connectivity index (χ2v) is 9.42. The van der Waals surface area contributed by atoms with Crippen molar-refractivity contribution in [3.8, 4) is 5.75 Å². The first kappa shape index (κ1) is 20.9. The number of carbonyl (C=O) groups is 1. The van der Waals surface area contributed by atoms with E-state index in [9.17, 15) is 17.6 Å². The Balaban J connectivity index is 1.76. The lowest BCUT2D eigenvalue weighted by Gasteiger charge is -2.34. The minimum Gasteiger partial charge on any atom is -0.420 e. The van der Waals surface area contributed by atoms with E-state index in [1.807, 2.05) is 13.8 Å². The van der Waals surface area contributed by atoms with Gasteiger partial charge in [-0.1, -0.05) is 15.9 Å². The van der Waals surface area contributed by atoms with Gasteiger partial charge < -0.3 is 9.47 Å². The molecule has 2 aromatic carbocycles. The Morgan fingerprint density at radius 1 is 1.14 bits per heavy atom. The van der Waals surface area contributed by atoms with Crippen molar-refractivity contribution >= 4 is 31.9 Å². The topological polar surface area (TPSA) is 72.9 Å². The van der Waals surface area contributed by atoms with E-state index in [0.717, 1.165) is 0 Å². The number of carbonyl (C=O) groups excluding carboxylic acids is 1. The first-order valence-electron chi connectivity index (χ1n) is 8.59. The number of nitrogens with zero attached hydrogens (tertiary/aromatic N) is 1. The molecule has 1 fully saturated rings. The number of sulfonamides is 1. The Morgan fingerprint density at radius 2 is 1.75 bits per heavy atom. The third-order valence-corrected chi connectivity index (χ3v) is 6.55. The van der Waals surface area contributed by atoms with Crippen molar-refractivity contribution in [2.24, 2.45) is 0 Å². The van der Waals surface area contributed by atoms with Crippen LogP contribution in [0, 0.1) is 5.82 Å². The van der Waals surface area contributed by atoms with Gasteiger partial charge >= 0.3 is 5.97 Å². The van der Waals surface area contributed by atoms with Crippen LogP contribution in [-0.2, 0) is 14.8 Å². The second-order valence-electron chi connectivity index (χ2n) is 6.57. The van der Waals surface area contributed by atoms with Gasteiger partial charge in [0.2, 0.25) is 10.0 Å². The molecular formula is C19H19BrFNO5S. The van der Waals surface area contributed by atoms with Crippen molar-refractivity contribution in [1.82, 2.24) is 4.31 Å². The Hall–Kier alpha value is -1.81. The summed E-state index contributed by atoms with van der Waals surface area (Å²) >= 11 is 3.12. The van der Waals surface area contributed by atoms with Crippen LogP contribution in [-0.4, -0.2) is 44.0 Å². The molecule has 2 unspecified atom stereocenters. The summed E-state index contributed by atoms with van der Waals surface area (Å²) in [6, 6.07) is 9.44. The first-order chi connectivity index (χ1) is 13.2. The lowest BCUT2D eigenvalue weighted by molar-refractivity contribution is -0.0440. The van der Waals surface area contributed by atoms with Gasteiger partial charge in [-0.25, -0.2) is 17.6 Å². The Labute approximate surface area is 171 Å². The molecule has 1 saturated heterocycles. The van der Waals surface area contributed by atoms with Gasteiger partial charge in [-0.15, -0.1) is 0 Å². The van der Waals surface area contributed by atoms with Crippen molar-refractivity contribution in [3.63, 3.8) is 0 Å². The highest BCUT2D eigenvalue weighted by Gasteiger charge is 2.32. The Morgan fingerprint density at radius 3 is 2.32 bits per heavy atom. The monoisotopic (exact) mass is 471 g/mol. The molecule has 28 heavy (non-hydrogen) atoms. The van der Waals surface area contributed by atoms with Gasteiger partial charge in [-0.05, 0) is 56.3 Å². The van der Waals surface area contributed by atoms with Crippen LogP contribution in [0.5, 0.6) is 5.75 Å². The fraction of sp³-hybridized carbons (Fsp3) is 0.316. The van der Waals surface area contributed by atoms with Gasteiger partial charge in [0.05, 0.1) is 22.7 Å². The van der Waals surface area contributed by atoms with Gasteiger partial charge in [0.25, 0.3) is 0 Å². The number of hydrogen-bond donors (Lipinski definition) is 0. The van der Waals surface area contributed by atoms with Gasteiger partial charge in [-0.3, -0.25) is 0 Å². The maximum Gasteiger partial charge on any atom is 0.343 e. The molecule has 1 aliphatic rings. The summed E-state index contributed by atoms with van der Waals surface area (Å²) in [6.45, 7) is 4.16. The molecule has 2 atom stereocenters. The van der Waals surface area contributed by atoms with Crippen LogP contribution in [0.25, 0.3) is 0 Å². The predicted octanol–water partition coefficient (Wildman–Crippen LogP) is 3.61. The normalized spacial score (nSPS) is 20.7. The molecule has 6 nitrogen and oxygen atoms in total. The third-order valence-electron chi connectivity index (χ3n) is 4.21.